The molecule has 0 saturated carbocycles. The number of hydrogen-bond donors (Lipinski definition) is 2. The van der Waals surface area contributed by atoms with E-state index in [0.29, 0.717) is 33.7 Å². The van der Waals surface area contributed by atoms with E-state index in [2.05, 4.69) is 10.6 Å². The Bertz CT molecular complexity index is 1630. The fourth-order valence-electron chi connectivity index (χ4n) is 4.24. The van der Waals surface area contributed by atoms with Crippen LogP contribution in [0.1, 0.15) is 36.6 Å². The second-order valence-electron chi connectivity index (χ2n) is 8.96. The van der Waals surface area contributed by atoms with Crippen LogP contribution in [0.4, 0.5) is 5.69 Å². The van der Waals surface area contributed by atoms with Gasteiger partial charge in [0, 0.05) is 21.7 Å². The van der Waals surface area contributed by atoms with Crippen LogP contribution in [0, 0.1) is 0 Å². The molecule has 1 heterocycles. The van der Waals surface area contributed by atoms with Crippen molar-refractivity contribution in [3.05, 3.63) is 131 Å². The van der Waals surface area contributed by atoms with Crippen LogP contribution in [0.5, 0.6) is 5.75 Å². The smallest absolute Gasteiger partial charge is 0.272 e. The molecule has 0 aliphatic carbocycles. The van der Waals surface area contributed by atoms with Crippen LogP contribution in [0.3, 0.4) is 0 Å². The number of anilines is 1. The molecule has 4 amide bonds. The first-order valence-electron chi connectivity index (χ1n) is 12.6. The zero-order valence-electron chi connectivity index (χ0n) is 22.0. The number of carbonyl (C=O) groups excluding carboxylic acids is 4. The molecule has 0 spiro atoms. The molecule has 204 valence electrons. The van der Waals surface area contributed by atoms with Gasteiger partial charge in [0.05, 0.1) is 24.1 Å². The average Bonchev–Trinajstić information content (AvgIpc) is 3.25. The van der Waals surface area contributed by atoms with Crippen molar-refractivity contribution < 1.29 is 23.9 Å². The summed E-state index contributed by atoms with van der Waals surface area (Å²) in [7, 11) is 1.53. The van der Waals surface area contributed by atoms with Crippen LogP contribution in [0.15, 0.2) is 114 Å². The normalized spacial score (nSPS) is 12.6. The summed E-state index contributed by atoms with van der Waals surface area (Å²) in [5.41, 5.74) is 2.29. The summed E-state index contributed by atoms with van der Waals surface area (Å²) in [5, 5.41) is 5.55. The molecule has 0 unspecified atom stereocenters. The van der Waals surface area contributed by atoms with Crippen molar-refractivity contribution in [2.75, 3.05) is 18.3 Å². The van der Waals surface area contributed by atoms with Gasteiger partial charge in [-0.15, -0.1) is 11.8 Å². The van der Waals surface area contributed by atoms with Crippen molar-refractivity contribution in [1.82, 2.24) is 10.2 Å². The third-order valence-corrected chi connectivity index (χ3v) is 7.27. The first kappa shape index (κ1) is 27.4. The van der Waals surface area contributed by atoms with E-state index in [-0.39, 0.29) is 23.4 Å². The number of fused-ring (bicyclic) bond motifs is 1. The van der Waals surface area contributed by atoms with E-state index >= 15 is 0 Å². The number of methoxy groups -OCH3 is 1. The van der Waals surface area contributed by atoms with Gasteiger partial charge in [0.15, 0.2) is 0 Å². The molecule has 1 aliphatic heterocycles. The minimum atomic E-state index is -0.539. The maximum atomic E-state index is 13.4. The van der Waals surface area contributed by atoms with Gasteiger partial charge in [-0.2, -0.15) is 0 Å². The van der Waals surface area contributed by atoms with E-state index in [4.69, 9.17) is 4.74 Å². The summed E-state index contributed by atoms with van der Waals surface area (Å²) in [5.74, 6) is -0.977. The quantitative estimate of drug-likeness (QED) is 0.159. The second kappa shape index (κ2) is 12.4. The Morgan fingerprint density at radius 3 is 2.20 bits per heavy atom. The van der Waals surface area contributed by atoms with Gasteiger partial charge in [-0.25, -0.2) is 0 Å². The van der Waals surface area contributed by atoms with Crippen LogP contribution in [0.2, 0.25) is 0 Å². The topological polar surface area (TPSA) is 105 Å². The molecule has 2 N–H and O–H groups in total. The lowest BCUT2D eigenvalue weighted by molar-refractivity contribution is -0.113. The van der Waals surface area contributed by atoms with Gasteiger partial charge in [0.1, 0.15) is 11.4 Å². The lowest BCUT2D eigenvalue weighted by Gasteiger charge is -2.15. The van der Waals surface area contributed by atoms with Crippen LogP contribution in [-0.2, 0) is 4.79 Å². The van der Waals surface area contributed by atoms with Crippen molar-refractivity contribution in [3.8, 4) is 5.75 Å². The zero-order chi connectivity index (χ0) is 28.8. The zero-order valence-corrected chi connectivity index (χ0v) is 22.8. The number of rotatable bonds is 9. The minimum absolute atomic E-state index is 0.0208. The Kier molecular flexibility index (Phi) is 8.26. The highest BCUT2D eigenvalue weighted by molar-refractivity contribution is 7.99. The summed E-state index contributed by atoms with van der Waals surface area (Å²) >= 11 is 1.29. The second-order valence-corrected chi connectivity index (χ2v) is 9.98. The summed E-state index contributed by atoms with van der Waals surface area (Å²) in [6, 6.07) is 29.5. The van der Waals surface area contributed by atoms with Crippen LogP contribution in [-0.4, -0.2) is 41.5 Å². The standard InChI is InChI=1S/C32H25N3O5S/c1-40-28-17-8-5-12-22(28)18-27(34-29(36)21-10-3-2-4-11-21)30(37)33-23-13-9-14-24(19-23)41-20-35-31(38)25-15-6-7-16-26(25)32(35)39/h2-19H,20H2,1H3,(H,33,37)(H,34,36)/b27-18+. The van der Waals surface area contributed by atoms with E-state index in [1.54, 1.807) is 97.1 Å². The Morgan fingerprint density at radius 2 is 1.49 bits per heavy atom. The minimum Gasteiger partial charge on any atom is -0.496 e. The Balaban J connectivity index is 1.33. The fraction of sp³-hybridized carbons (Fsp3) is 0.0625. The monoisotopic (exact) mass is 563 g/mol. The van der Waals surface area contributed by atoms with Gasteiger partial charge >= 0.3 is 0 Å². The third-order valence-electron chi connectivity index (χ3n) is 6.30. The third kappa shape index (κ3) is 6.21. The largest absolute Gasteiger partial charge is 0.496 e. The summed E-state index contributed by atoms with van der Waals surface area (Å²) in [6.07, 6.45) is 1.55. The highest BCUT2D eigenvalue weighted by Gasteiger charge is 2.34. The summed E-state index contributed by atoms with van der Waals surface area (Å²) in [4.78, 5) is 53.7. The van der Waals surface area contributed by atoms with Crippen molar-refractivity contribution in [3.63, 3.8) is 0 Å². The number of thioether (sulfide) groups is 1. The molecule has 41 heavy (non-hydrogen) atoms. The van der Waals surface area contributed by atoms with Gasteiger partial charge in [-0.3, -0.25) is 24.1 Å². The van der Waals surface area contributed by atoms with E-state index in [0.717, 1.165) is 4.90 Å². The average molecular weight is 564 g/mol. The fourth-order valence-corrected chi connectivity index (χ4v) is 5.14. The molecule has 8 nitrogen and oxygen atoms in total. The summed E-state index contributed by atoms with van der Waals surface area (Å²) < 4.78 is 5.41. The molecule has 4 aromatic rings. The number of para-hydroxylation sites is 1. The van der Waals surface area contributed by atoms with Gasteiger partial charge < -0.3 is 15.4 Å². The number of amides is 4. The molecule has 5 rings (SSSR count). The van der Waals surface area contributed by atoms with E-state index < -0.39 is 11.8 Å². The molecule has 0 bridgehead atoms. The maximum absolute atomic E-state index is 13.4. The Morgan fingerprint density at radius 1 is 0.829 bits per heavy atom. The van der Waals surface area contributed by atoms with Crippen LogP contribution in [0.25, 0.3) is 6.08 Å². The van der Waals surface area contributed by atoms with Crippen molar-refractivity contribution in [1.29, 1.82) is 0 Å². The number of benzene rings is 4. The summed E-state index contributed by atoms with van der Waals surface area (Å²) in [6.45, 7) is 0. The molecule has 0 radical (unpaired) electrons. The van der Waals surface area contributed by atoms with Crippen molar-refractivity contribution in [2.45, 2.75) is 4.90 Å². The lowest BCUT2D eigenvalue weighted by Crippen LogP contribution is -2.30. The number of nitrogens with zero attached hydrogens (tertiary/aromatic N) is 1. The Hall–Kier alpha value is -5.15. The number of imide groups is 1. The van der Waals surface area contributed by atoms with E-state index in [1.807, 2.05) is 12.1 Å². The van der Waals surface area contributed by atoms with Gasteiger partial charge in [-0.1, -0.05) is 54.6 Å². The number of nitrogens with one attached hydrogen (secondary N) is 2. The SMILES string of the molecule is COc1ccccc1/C=C(/NC(=O)c1ccccc1)C(=O)Nc1cccc(SCN2C(=O)c3ccccc3C2=O)c1. The molecule has 0 saturated heterocycles. The van der Waals surface area contributed by atoms with Crippen LogP contribution < -0.4 is 15.4 Å². The first-order valence-corrected chi connectivity index (χ1v) is 13.6. The molecule has 9 heteroatoms. The van der Waals surface area contributed by atoms with Gasteiger partial charge in [-0.05, 0) is 54.6 Å². The molecule has 4 aromatic carbocycles. The maximum Gasteiger partial charge on any atom is 0.272 e. The molecule has 1 aliphatic rings. The number of carbonyl (C=O) groups is 4. The highest BCUT2D eigenvalue weighted by atomic mass is 32.2. The first-order chi connectivity index (χ1) is 19.9. The van der Waals surface area contributed by atoms with Crippen molar-refractivity contribution >= 4 is 47.2 Å². The van der Waals surface area contributed by atoms with E-state index in [9.17, 15) is 19.2 Å². The molecule has 0 atom stereocenters. The van der Waals surface area contributed by atoms with Crippen LogP contribution >= 0.6 is 11.8 Å². The Labute approximate surface area is 241 Å². The number of ether oxygens (including phenoxy) is 1. The predicted octanol–water partition coefficient (Wildman–Crippen LogP) is 5.45. The molecular formula is C32H25N3O5S. The highest BCUT2D eigenvalue weighted by Crippen LogP contribution is 2.28. The van der Waals surface area contributed by atoms with Gasteiger partial charge in [0.2, 0.25) is 0 Å². The molecular weight excluding hydrogens is 538 g/mol. The lowest BCUT2D eigenvalue weighted by atomic mass is 10.1. The van der Waals surface area contributed by atoms with Crippen molar-refractivity contribution in [2.24, 2.45) is 0 Å². The molecule has 0 aromatic heterocycles. The van der Waals surface area contributed by atoms with Gasteiger partial charge in [0.25, 0.3) is 23.6 Å². The number of hydrogen-bond acceptors (Lipinski definition) is 6. The predicted molar refractivity (Wildman–Crippen MR) is 158 cm³/mol. The van der Waals surface area contributed by atoms with E-state index in [1.165, 1.54) is 23.8 Å². The molecule has 0 fully saturated rings.